The van der Waals surface area contributed by atoms with Gasteiger partial charge in [-0.05, 0) is 49.4 Å². The number of hydrogen-bond donors (Lipinski definition) is 1. The normalized spacial score (nSPS) is 10.4. The summed E-state index contributed by atoms with van der Waals surface area (Å²) in [5.74, 6) is 0.291. The monoisotopic (exact) mass is 323 g/mol. The van der Waals surface area contributed by atoms with Crippen molar-refractivity contribution in [1.82, 2.24) is 0 Å². The molecule has 2 rings (SSSR count). The highest BCUT2D eigenvalue weighted by atomic mass is 19.1. The molecule has 0 heterocycles. The van der Waals surface area contributed by atoms with Crippen LogP contribution in [0.15, 0.2) is 85.2 Å². The summed E-state index contributed by atoms with van der Waals surface area (Å²) >= 11 is 0. The van der Waals surface area contributed by atoms with Gasteiger partial charge in [-0.1, -0.05) is 30.9 Å². The molecule has 1 N–H and O–H groups in total. The Morgan fingerprint density at radius 2 is 1.83 bits per heavy atom. The highest BCUT2D eigenvalue weighted by molar-refractivity contribution is 6.04. The molecule has 0 spiro atoms. The van der Waals surface area contributed by atoms with Crippen LogP contribution in [0.1, 0.15) is 17.3 Å². The molecule has 0 bridgehead atoms. The number of nitrogens with one attached hydrogen (secondary N) is 1. The van der Waals surface area contributed by atoms with Crippen LogP contribution in [-0.4, -0.2) is 5.91 Å². The number of carbonyl (C=O) groups is 1. The molecule has 24 heavy (non-hydrogen) atoms. The van der Waals surface area contributed by atoms with Crippen LogP contribution in [0.2, 0.25) is 0 Å². The molecule has 0 aliphatic heterocycles. The van der Waals surface area contributed by atoms with E-state index in [0.29, 0.717) is 22.8 Å². The van der Waals surface area contributed by atoms with Gasteiger partial charge in [0.2, 0.25) is 0 Å². The number of ether oxygens (including phenoxy) is 1. The topological polar surface area (TPSA) is 38.3 Å². The van der Waals surface area contributed by atoms with Gasteiger partial charge in [0.25, 0.3) is 5.91 Å². The van der Waals surface area contributed by atoms with Crippen molar-refractivity contribution in [1.29, 1.82) is 0 Å². The van der Waals surface area contributed by atoms with Crippen LogP contribution < -0.4 is 10.1 Å². The average molecular weight is 323 g/mol. The summed E-state index contributed by atoms with van der Waals surface area (Å²) in [6.07, 6.45) is 3.51. The first-order valence-corrected chi connectivity index (χ1v) is 7.31. The lowest BCUT2D eigenvalue weighted by Crippen LogP contribution is -2.11. The fourth-order valence-corrected chi connectivity index (χ4v) is 1.86. The molecular formula is C20H18FNO2. The largest absolute Gasteiger partial charge is 0.458 e. The number of allylic oxidation sites excluding steroid dienone is 3. The van der Waals surface area contributed by atoms with E-state index in [4.69, 9.17) is 4.74 Å². The quantitative estimate of drug-likeness (QED) is 0.593. The van der Waals surface area contributed by atoms with E-state index in [1.807, 2.05) is 6.92 Å². The molecule has 0 saturated heterocycles. The van der Waals surface area contributed by atoms with E-state index in [1.165, 1.54) is 24.3 Å². The summed E-state index contributed by atoms with van der Waals surface area (Å²) < 4.78 is 18.5. The summed E-state index contributed by atoms with van der Waals surface area (Å²) in [7, 11) is 0. The first-order chi connectivity index (χ1) is 11.4. The molecule has 0 aliphatic carbocycles. The van der Waals surface area contributed by atoms with Crippen LogP contribution in [0.4, 0.5) is 10.1 Å². The number of halogens is 1. The van der Waals surface area contributed by atoms with Crippen LogP contribution in [0, 0.1) is 5.82 Å². The van der Waals surface area contributed by atoms with E-state index in [2.05, 4.69) is 18.5 Å². The standard InChI is InChI=1S/C20H18FNO2/c1-14(2)7-8-15(3)24-19-6-4-5-18(13-19)22-20(23)16-9-11-17(21)12-10-16/h4-13H,1,3H2,2H3,(H,22,23)/b8-7-. The Morgan fingerprint density at radius 3 is 2.50 bits per heavy atom. The van der Waals surface area contributed by atoms with E-state index in [1.54, 1.807) is 36.4 Å². The number of anilines is 1. The summed E-state index contributed by atoms with van der Waals surface area (Å²) in [5.41, 5.74) is 1.83. The molecule has 4 heteroatoms. The molecule has 0 unspecified atom stereocenters. The first-order valence-electron chi connectivity index (χ1n) is 7.31. The van der Waals surface area contributed by atoms with Gasteiger partial charge in [-0.3, -0.25) is 4.79 Å². The second-order valence-electron chi connectivity index (χ2n) is 5.24. The maximum atomic E-state index is 12.9. The molecule has 0 radical (unpaired) electrons. The zero-order valence-electron chi connectivity index (χ0n) is 13.4. The highest BCUT2D eigenvalue weighted by Gasteiger charge is 2.07. The van der Waals surface area contributed by atoms with Crippen molar-refractivity contribution in [3.63, 3.8) is 0 Å². The van der Waals surface area contributed by atoms with Gasteiger partial charge in [0.05, 0.1) is 0 Å². The third-order valence-corrected chi connectivity index (χ3v) is 3.00. The smallest absolute Gasteiger partial charge is 0.255 e. The summed E-state index contributed by atoms with van der Waals surface area (Å²) in [6.45, 7) is 9.43. The number of carbonyl (C=O) groups excluding carboxylic acids is 1. The van der Waals surface area contributed by atoms with Crippen molar-refractivity contribution in [2.45, 2.75) is 6.92 Å². The molecule has 0 aromatic heterocycles. The van der Waals surface area contributed by atoms with E-state index in [9.17, 15) is 9.18 Å². The lowest BCUT2D eigenvalue weighted by Gasteiger charge is -2.09. The fraction of sp³-hybridized carbons (Fsp3) is 0.0500. The molecule has 2 aromatic carbocycles. The van der Waals surface area contributed by atoms with Crippen molar-refractivity contribution in [3.05, 3.63) is 96.6 Å². The van der Waals surface area contributed by atoms with E-state index in [-0.39, 0.29) is 11.7 Å². The maximum absolute atomic E-state index is 12.9. The molecule has 0 aliphatic rings. The number of hydrogen-bond acceptors (Lipinski definition) is 2. The zero-order valence-corrected chi connectivity index (χ0v) is 13.4. The van der Waals surface area contributed by atoms with E-state index >= 15 is 0 Å². The van der Waals surface area contributed by atoms with Crippen LogP contribution in [0.5, 0.6) is 5.75 Å². The Kier molecular flexibility index (Phi) is 5.68. The van der Waals surface area contributed by atoms with Gasteiger partial charge in [-0.15, -0.1) is 0 Å². The number of rotatable bonds is 6. The third-order valence-electron chi connectivity index (χ3n) is 3.00. The van der Waals surface area contributed by atoms with Crippen LogP contribution in [0.3, 0.4) is 0 Å². The Bertz CT molecular complexity index is 792. The lowest BCUT2D eigenvalue weighted by molar-refractivity contribution is 0.102. The van der Waals surface area contributed by atoms with Gasteiger partial charge in [-0.2, -0.15) is 0 Å². The Balaban J connectivity index is 2.04. The molecular weight excluding hydrogens is 305 g/mol. The van der Waals surface area contributed by atoms with Crippen LogP contribution >= 0.6 is 0 Å². The molecule has 2 aromatic rings. The van der Waals surface area contributed by atoms with E-state index in [0.717, 1.165) is 5.57 Å². The SMILES string of the molecule is C=C(C)/C=C\C(=C)Oc1cccc(NC(=O)c2ccc(F)cc2)c1. The van der Waals surface area contributed by atoms with Gasteiger partial charge >= 0.3 is 0 Å². The second kappa shape index (κ2) is 7.92. The summed E-state index contributed by atoms with van der Waals surface area (Å²) in [5, 5.41) is 2.74. The maximum Gasteiger partial charge on any atom is 0.255 e. The molecule has 0 atom stereocenters. The minimum absolute atomic E-state index is 0.326. The second-order valence-corrected chi connectivity index (χ2v) is 5.24. The minimum Gasteiger partial charge on any atom is -0.458 e. The van der Waals surface area contributed by atoms with Gasteiger partial charge in [0.1, 0.15) is 17.3 Å². The zero-order chi connectivity index (χ0) is 17.5. The first kappa shape index (κ1) is 17.2. The molecule has 1 amide bonds. The summed E-state index contributed by atoms with van der Waals surface area (Å²) in [6, 6.07) is 12.3. The summed E-state index contributed by atoms with van der Waals surface area (Å²) in [4.78, 5) is 12.1. The van der Waals surface area contributed by atoms with Gasteiger partial charge in [-0.25, -0.2) is 4.39 Å². The average Bonchev–Trinajstić information content (AvgIpc) is 2.54. The molecule has 0 fully saturated rings. The van der Waals surface area contributed by atoms with Gasteiger partial charge in [0.15, 0.2) is 0 Å². The highest BCUT2D eigenvalue weighted by Crippen LogP contribution is 2.20. The van der Waals surface area contributed by atoms with Crippen LogP contribution in [0.25, 0.3) is 0 Å². The number of amides is 1. The van der Waals surface area contributed by atoms with E-state index < -0.39 is 0 Å². The predicted molar refractivity (Wildman–Crippen MR) is 94.5 cm³/mol. The van der Waals surface area contributed by atoms with Crippen LogP contribution in [-0.2, 0) is 0 Å². The minimum atomic E-state index is -0.386. The van der Waals surface area contributed by atoms with Crippen molar-refractivity contribution >= 4 is 11.6 Å². The van der Waals surface area contributed by atoms with Gasteiger partial charge < -0.3 is 10.1 Å². The van der Waals surface area contributed by atoms with Crippen molar-refractivity contribution in [2.24, 2.45) is 0 Å². The Morgan fingerprint density at radius 1 is 1.12 bits per heavy atom. The molecule has 0 saturated carbocycles. The fourth-order valence-electron chi connectivity index (χ4n) is 1.86. The number of benzene rings is 2. The predicted octanol–water partition coefficient (Wildman–Crippen LogP) is 5.10. The lowest BCUT2D eigenvalue weighted by atomic mass is 10.2. The molecule has 3 nitrogen and oxygen atoms in total. The Labute approximate surface area is 140 Å². The van der Waals surface area contributed by atoms with Crippen molar-refractivity contribution in [3.8, 4) is 5.75 Å². The third kappa shape index (κ3) is 5.25. The Hall–Kier alpha value is -3.14. The molecule has 122 valence electrons. The van der Waals surface area contributed by atoms with Crippen molar-refractivity contribution < 1.29 is 13.9 Å². The van der Waals surface area contributed by atoms with Gasteiger partial charge in [0, 0.05) is 17.3 Å². The van der Waals surface area contributed by atoms with Crippen molar-refractivity contribution in [2.75, 3.05) is 5.32 Å².